The van der Waals surface area contributed by atoms with Crippen LogP contribution in [0.25, 0.3) is 0 Å². The van der Waals surface area contributed by atoms with Gasteiger partial charge in [-0.1, -0.05) is 33.7 Å². The zero-order valence-corrected chi connectivity index (χ0v) is 43.0. The summed E-state index contributed by atoms with van der Waals surface area (Å²) in [5, 5.41) is 10.7. The summed E-state index contributed by atoms with van der Waals surface area (Å²) in [6.45, 7) is 8.32. The van der Waals surface area contributed by atoms with Gasteiger partial charge in [0.2, 0.25) is 17.7 Å². The van der Waals surface area contributed by atoms with Crippen LogP contribution >= 0.6 is 21.6 Å². The highest BCUT2D eigenvalue weighted by molar-refractivity contribution is 8.77. The predicted octanol–water partition coefficient (Wildman–Crippen LogP) is 6.34. The zero-order chi connectivity index (χ0) is 51.5. The van der Waals surface area contributed by atoms with Crippen LogP contribution in [0.5, 0.6) is 5.75 Å². The molecule has 390 valence electrons. The summed E-state index contributed by atoms with van der Waals surface area (Å²) in [5.74, 6) is -1.18. The number of carbonyl (C=O) groups is 7. The van der Waals surface area contributed by atoms with E-state index in [9.17, 15) is 33.6 Å². The number of hydroxylamine groups is 2. The Labute approximate surface area is 432 Å². The molecular formula is C52H64FN9O9S2. The molecule has 8 rings (SSSR count). The monoisotopic (exact) mass is 1040 g/mol. The Hall–Kier alpha value is -6.06. The van der Waals surface area contributed by atoms with Crippen molar-refractivity contribution in [3.8, 4) is 5.75 Å². The maximum absolute atomic E-state index is 15.0. The minimum atomic E-state index is -0.665. The Balaban J connectivity index is 0.666. The van der Waals surface area contributed by atoms with Crippen LogP contribution in [0, 0.1) is 11.7 Å². The number of hydrogen-bond acceptors (Lipinski definition) is 14. The highest BCUT2D eigenvalue weighted by atomic mass is 33.1. The maximum atomic E-state index is 15.0. The third kappa shape index (κ3) is 14.8. The SMILES string of the molecule is CC(C)(CC(=O)N/N=C1\CCCc2cc(OCCCC(=O)ON3C(=O)CCC3=O)ccc21)SSCCC(=O)N1CCN(C2CCN(C(=O)NCc3ccc(NC(=O)C4CC4c4cccnc4)cc3F)CC2)CC1. The first kappa shape index (κ1) is 53.2. The van der Waals surface area contributed by atoms with Crippen molar-refractivity contribution in [1.82, 2.24) is 35.5 Å². The number of piperazine rings is 1. The minimum absolute atomic E-state index is 0.00530. The molecule has 73 heavy (non-hydrogen) atoms. The molecule has 2 aliphatic carbocycles. The van der Waals surface area contributed by atoms with Crippen LogP contribution in [-0.2, 0) is 46.6 Å². The molecule has 4 heterocycles. The molecule has 18 nitrogen and oxygen atoms in total. The maximum Gasteiger partial charge on any atom is 0.333 e. The smallest absolute Gasteiger partial charge is 0.333 e. The van der Waals surface area contributed by atoms with Gasteiger partial charge in [0, 0.05) is 123 Å². The molecule has 3 aliphatic heterocycles. The Morgan fingerprint density at radius 3 is 2.42 bits per heavy atom. The van der Waals surface area contributed by atoms with Crippen LogP contribution in [0.1, 0.15) is 113 Å². The van der Waals surface area contributed by atoms with Crippen molar-refractivity contribution in [2.75, 3.05) is 56.9 Å². The van der Waals surface area contributed by atoms with Gasteiger partial charge < -0.3 is 30.0 Å². The molecule has 2 aromatic carbocycles. The van der Waals surface area contributed by atoms with Gasteiger partial charge in [0.1, 0.15) is 11.6 Å². The fourth-order valence-electron chi connectivity index (χ4n) is 9.64. The third-order valence-corrected chi connectivity index (χ3v) is 17.0. The van der Waals surface area contributed by atoms with Gasteiger partial charge in [-0.3, -0.25) is 33.9 Å². The number of amides is 7. The van der Waals surface area contributed by atoms with Crippen molar-refractivity contribution < 1.29 is 47.5 Å². The Kier molecular flexibility index (Phi) is 18.1. The molecule has 2 atom stereocenters. The van der Waals surface area contributed by atoms with Gasteiger partial charge in [0.15, 0.2) is 0 Å². The molecule has 2 unspecified atom stereocenters. The normalized spacial score (nSPS) is 19.9. The molecule has 0 radical (unpaired) electrons. The zero-order valence-electron chi connectivity index (χ0n) is 41.4. The molecule has 1 saturated carbocycles. The Morgan fingerprint density at radius 2 is 1.68 bits per heavy atom. The van der Waals surface area contributed by atoms with Gasteiger partial charge in [0.25, 0.3) is 11.8 Å². The lowest BCUT2D eigenvalue weighted by atomic mass is 9.90. The van der Waals surface area contributed by atoms with Crippen molar-refractivity contribution >= 4 is 74.5 Å². The number of halogens is 1. The molecule has 1 aromatic heterocycles. The average Bonchev–Trinajstić information content (AvgIpc) is 4.14. The van der Waals surface area contributed by atoms with E-state index >= 15 is 4.39 Å². The first-order valence-corrected chi connectivity index (χ1v) is 27.5. The predicted molar refractivity (Wildman–Crippen MR) is 274 cm³/mol. The van der Waals surface area contributed by atoms with Crippen LogP contribution in [0.3, 0.4) is 0 Å². The van der Waals surface area contributed by atoms with Crippen LogP contribution in [0.2, 0.25) is 0 Å². The molecular weight excluding hydrogens is 978 g/mol. The van der Waals surface area contributed by atoms with E-state index in [0.717, 1.165) is 74.0 Å². The molecule has 3 aromatic rings. The number of carbonyl (C=O) groups excluding carboxylic acids is 7. The van der Waals surface area contributed by atoms with E-state index in [1.165, 1.54) is 6.07 Å². The highest BCUT2D eigenvalue weighted by Gasteiger charge is 2.44. The molecule has 7 amide bonds. The topological polar surface area (TPSA) is 212 Å². The first-order chi connectivity index (χ1) is 35.2. The second kappa shape index (κ2) is 24.8. The number of pyridine rings is 1. The fraction of sp³-hybridized carbons (Fsp3) is 0.519. The summed E-state index contributed by atoms with van der Waals surface area (Å²) in [7, 11) is 3.18. The highest BCUT2D eigenvalue weighted by Crippen LogP contribution is 2.47. The van der Waals surface area contributed by atoms with E-state index in [0.29, 0.717) is 72.9 Å². The van der Waals surface area contributed by atoms with Crippen LogP contribution in [-0.4, -0.2) is 134 Å². The molecule has 0 spiro atoms. The number of ether oxygens (including phenoxy) is 1. The van der Waals surface area contributed by atoms with Gasteiger partial charge in [-0.15, -0.1) is 5.06 Å². The molecule has 3 N–H and O–H groups in total. The van der Waals surface area contributed by atoms with Gasteiger partial charge in [-0.05, 0) is 112 Å². The van der Waals surface area contributed by atoms with E-state index in [1.807, 2.05) is 49.1 Å². The number of nitrogens with zero attached hydrogens (tertiary/aromatic N) is 6. The Morgan fingerprint density at radius 1 is 0.904 bits per heavy atom. The molecule has 21 heteroatoms. The summed E-state index contributed by atoms with van der Waals surface area (Å²) < 4.78 is 20.5. The number of nitrogens with one attached hydrogen (secondary N) is 3. The number of piperidine rings is 1. The molecule has 3 saturated heterocycles. The van der Waals surface area contributed by atoms with E-state index in [1.54, 1.807) is 51.0 Å². The quantitative estimate of drug-likeness (QED) is 0.0489. The lowest BCUT2D eigenvalue weighted by Crippen LogP contribution is -2.55. The lowest BCUT2D eigenvalue weighted by molar-refractivity contribution is -0.197. The number of urea groups is 1. The number of anilines is 1. The van der Waals surface area contributed by atoms with Crippen molar-refractivity contribution in [2.24, 2.45) is 11.0 Å². The molecule has 0 bridgehead atoms. The molecule has 5 aliphatic rings. The second-order valence-electron chi connectivity index (χ2n) is 19.7. The number of aryl methyl sites for hydroxylation is 1. The summed E-state index contributed by atoms with van der Waals surface area (Å²) in [6.07, 6.45) is 9.33. The summed E-state index contributed by atoms with van der Waals surface area (Å²) >= 11 is 0. The summed E-state index contributed by atoms with van der Waals surface area (Å²) in [6, 6.07) is 14.1. The minimum Gasteiger partial charge on any atom is -0.494 e. The number of hydrogen-bond donors (Lipinski definition) is 3. The second-order valence-corrected chi connectivity index (χ2v) is 22.8. The van der Waals surface area contributed by atoms with Gasteiger partial charge >= 0.3 is 12.0 Å². The Bertz CT molecular complexity index is 2540. The van der Waals surface area contributed by atoms with Crippen molar-refractivity contribution in [3.63, 3.8) is 0 Å². The summed E-state index contributed by atoms with van der Waals surface area (Å²) in [5.41, 5.74) is 7.30. The number of benzene rings is 2. The van der Waals surface area contributed by atoms with Gasteiger partial charge in [-0.2, -0.15) is 5.10 Å². The first-order valence-electron chi connectivity index (χ1n) is 25.2. The van der Waals surface area contributed by atoms with Crippen LogP contribution in [0.4, 0.5) is 14.9 Å². The number of likely N-dealkylation sites (tertiary alicyclic amines) is 1. The standard InChI is InChI=1S/C52H64FN9O9S2/c1-52(2,31-45(63)58-57-44-8-3-6-34-28-39(12-13-40(34)44)70-26-5-9-49(67)71-62-47(65)14-15-48(62)66)73-72-27-18-46(64)60-24-22-59(23-25-60)38-16-20-61(21-17-38)51(69)55-33-36-10-11-37(29-43(36)53)56-50(68)42-30-41(42)35-7-4-19-54-32-35/h4,7,10-13,19,28-29,32,38,41-42H,3,5-6,8-9,14-18,20-27,30-31,33H2,1-2H3,(H,55,69)(H,56,68)(H,58,63)/b57-44+. The largest absolute Gasteiger partial charge is 0.494 e. The third-order valence-electron chi connectivity index (χ3n) is 13.8. The number of hydrazone groups is 1. The van der Waals surface area contributed by atoms with Crippen LogP contribution in [0.15, 0.2) is 66.0 Å². The van der Waals surface area contributed by atoms with Gasteiger partial charge in [-0.25, -0.2) is 19.4 Å². The number of rotatable bonds is 20. The van der Waals surface area contributed by atoms with Crippen molar-refractivity contribution in [3.05, 3.63) is 89.0 Å². The summed E-state index contributed by atoms with van der Waals surface area (Å²) in [4.78, 5) is 103. The van der Waals surface area contributed by atoms with Crippen molar-refractivity contribution in [1.29, 1.82) is 0 Å². The fourth-order valence-corrected chi connectivity index (χ4v) is 12.1. The number of imide groups is 1. The lowest BCUT2D eigenvalue weighted by Gasteiger charge is -2.42. The number of fused-ring (bicyclic) bond motifs is 1. The van der Waals surface area contributed by atoms with E-state index < -0.39 is 28.3 Å². The van der Waals surface area contributed by atoms with Gasteiger partial charge in [0.05, 0.1) is 18.7 Å². The average molecular weight is 1040 g/mol. The van der Waals surface area contributed by atoms with E-state index in [2.05, 4.69) is 31.0 Å². The molecule has 4 fully saturated rings. The van der Waals surface area contributed by atoms with Crippen molar-refractivity contribution in [2.45, 2.75) is 114 Å². The van der Waals surface area contributed by atoms with E-state index in [4.69, 9.17) is 9.57 Å². The van der Waals surface area contributed by atoms with Crippen LogP contribution < -0.4 is 20.8 Å². The van der Waals surface area contributed by atoms with E-state index in [-0.39, 0.29) is 74.4 Å². The number of aromatic nitrogens is 1.